The van der Waals surface area contributed by atoms with Crippen LogP contribution in [0.3, 0.4) is 0 Å². The van der Waals surface area contributed by atoms with E-state index in [2.05, 4.69) is 15.7 Å². The number of carbonyl (C=O) groups excluding carboxylic acids is 2. The summed E-state index contributed by atoms with van der Waals surface area (Å²) in [7, 11) is 1.41. The number of amides is 2. The first-order valence-corrected chi connectivity index (χ1v) is 9.60. The van der Waals surface area contributed by atoms with Crippen molar-refractivity contribution >= 4 is 40.9 Å². The minimum Gasteiger partial charge on any atom is -0.495 e. The number of carboxylic acids is 1. The molecular formula is C21H17ClN4O5. The van der Waals surface area contributed by atoms with Gasteiger partial charge in [0.1, 0.15) is 17.6 Å². The van der Waals surface area contributed by atoms with Crippen LogP contribution in [-0.2, 0) is 9.59 Å². The van der Waals surface area contributed by atoms with Crippen molar-refractivity contribution in [3.8, 4) is 16.9 Å². The number of nitrogens with zero attached hydrogens (tertiary/aromatic N) is 2. The molecular weight excluding hydrogens is 424 g/mol. The molecule has 1 aromatic heterocycles. The number of fused-ring (bicyclic) bond motifs is 1. The Morgan fingerprint density at radius 3 is 2.68 bits per heavy atom. The topological polar surface area (TPSA) is 123 Å². The van der Waals surface area contributed by atoms with Crippen molar-refractivity contribution < 1.29 is 24.2 Å². The van der Waals surface area contributed by atoms with E-state index >= 15 is 0 Å². The summed E-state index contributed by atoms with van der Waals surface area (Å²) in [5, 5.41) is 19.5. The highest BCUT2D eigenvalue weighted by atomic mass is 35.5. The van der Waals surface area contributed by atoms with E-state index in [1.807, 2.05) is 0 Å². The first kappa shape index (κ1) is 20.4. The number of aromatic nitrogens is 2. The number of aromatic carboxylic acids is 1. The lowest BCUT2D eigenvalue weighted by Gasteiger charge is -2.25. The van der Waals surface area contributed by atoms with Gasteiger partial charge in [0, 0.05) is 10.6 Å². The summed E-state index contributed by atoms with van der Waals surface area (Å²) in [6.07, 6.45) is 1.44. The number of halogens is 1. The van der Waals surface area contributed by atoms with Crippen LogP contribution in [-0.4, -0.2) is 39.8 Å². The monoisotopic (exact) mass is 440 g/mol. The lowest BCUT2D eigenvalue weighted by atomic mass is 10.1. The summed E-state index contributed by atoms with van der Waals surface area (Å²) >= 11 is 5.95. The standard InChI is InChI=1S/C21H17ClN4O5/c1-31-17-7-4-12(21(29)30)8-15(17)24-20(28)16-9-18(27)25-19-14(10-23-26(16)19)11-2-5-13(22)6-3-11/h2-8,10,16H,9H2,1H3,(H,24,28)(H,25,27)(H,29,30)/t16-/m0/s1. The van der Waals surface area contributed by atoms with Crippen LogP contribution in [0.25, 0.3) is 11.1 Å². The predicted molar refractivity (Wildman–Crippen MR) is 114 cm³/mol. The van der Waals surface area contributed by atoms with E-state index in [1.165, 1.54) is 30.0 Å². The number of methoxy groups -OCH3 is 1. The smallest absolute Gasteiger partial charge is 0.335 e. The number of anilines is 2. The molecule has 1 aliphatic heterocycles. The summed E-state index contributed by atoms with van der Waals surface area (Å²) in [4.78, 5) is 36.7. The van der Waals surface area contributed by atoms with Crippen molar-refractivity contribution in [2.24, 2.45) is 0 Å². The maximum atomic E-state index is 13.0. The summed E-state index contributed by atoms with van der Waals surface area (Å²) in [6.45, 7) is 0. The van der Waals surface area contributed by atoms with Crippen LogP contribution in [0.5, 0.6) is 5.75 Å². The fraction of sp³-hybridized carbons (Fsp3) is 0.143. The molecule has 4 rings (SSSR count). The van der Waals surface area contributed by atoms with E-state index < -0.39 is 17.9 Å². The SMILES string of the molecule is COc1ccc(C(=O)O)cc1NC(=O)[C@@H]1CC(=O)Nc2c(-c3ccc(Cl)cc3)cnn21. The minimum atomic E-state index is -1.14. The second-order valence-corrected chi connectivity index (χ2v) is 7.27. The third kappa shape index (κ3) is 3.95. The quantitative estimate of drug-likeness (QED) is 0.558. The van der Waals surface area contributed by atoms with Crippen LogP contribution in [0.1, 0.15) is 22.8 Å². The number of hydrogen-bond acceptors (Lipinski definition) is 5. The second kappa shape index (κ2) is 8.11. The Morgan fingerprint density at radius 1 is 1.26 bits per heavy atom. The van der Waals surface area contributed by atoms with E-state index in [9.17, 15) is 19.5 Å². The molecule has 0 aliphatic carbocycles. The van der Waals surface area contributed by atoms with Crippen LogP contribution < -0.4 is 15.4 Å². The molecule has 0 radical (unpaired) electrons. The van der Waals surface area contributed by atoms with Gasteiger partial charge in [0.15, 0.2) is 0 Å². The Balaban J connectivity index is 1.67. The van der Waals surface area contributed by atoms with E-state index in [1.54, 1.807) is 30.5 Å². The second-order valence-electron chi connectivity index (χ2n) is 6.84. The molecule has 1 atom stereocenters. The highest BCUT2D eigenvalue weighted by Gasteiger charge is 2.33. The Morgan fingerprint density at radius 2 is 2.00 bits per heavy atom. The van der Waals surface area contributed by atoms with Gasteiger partial charge in [-0.2, -0.15) is 5.10 Å². The van der Waals surface area contributed by atoms with Crippen LogP contribution in [0, 0.1) is 0 Å². The van der Waals surface area contributed by atoms with Crippen LogP contribution >= 0.6 is 11.6 Å². The molecule has 158 valence electrons. The average Bonchev–Trinajstić information content (AvgIpc) is 3.17. The number of carbonyl (C=O) groups is 3. The van der Waals surface area contributed by atoms with Crippen LogP contribution in [0.2, 0.25) is 5.02 Å². The molecule has 0 fully saturated rings. The van der Waals surface area contributed by atoms with Crippen molar-refractivity contribution in [3.05, 3.63) is 59.2 Å². The van der Waals surface area contributed by atoms with Gasteiger partial charge in [-0.3, -0.25) is 9.59 Å². The van der Waals surface area contributed by atoms with E-state index in [0.29, 0.717) is 22.2 Å². The predicted octanol–water partition coefficient (Wildman–Crippen LogP) is 3.43. The summed E-state index contributed by atoms with van der Waals surface area (Å²) in [6, 6.07) is 10.2. The molecule has 2 amide bonds. The maximum Gasteiger partial charge on any atom is 0.335 e. The molecule has 3 aromatic rings. The summed E-state index contributed by atoms with van der Waals surface area (Å²) in [5.41, 5.74) is 1.60. The first-order chi connectivity index (χ1) is 14.9. The Kier molecular flexibility index (Phi) is 5.35. The molecule has 0 bridgehead atoms. The van der Waals surface area contributed by atoms with Crippen molar-refractivity contribution in [1.29, 1.82) is 0 Å². The zero-order chi connectivity index (χ0) is 22.1. The first-order valence-electron chi connectivity index (χ1n) is 9.23. The average molecular weight is 441 g/mol. The van der Waals surface area contributed by atoms with Gasteiger partial charge in [-0.25, -0.2) is 9.48 Å². The number of rotatable bonds is 5. The normalized spacial score (nSPS) is 15.0. The third-order valence-corrected chi connectivity index (χ3v) is 5.14. The van der Waals surface area contributed by atoms with Gasteiger partial charge < -0.3 is 20.5 Å². The lowest BCUT2D eigenvalue weighted by Crippen LogP contribution is -2.36. The maximum absolute atomic E-state index is 13.0. The molecule has 0 spiro atoms. The Bertz CT molecular complexity index is 1190. The molecule has 9 nitrogen and oxygen atoms in total. The lowest BCUT2D eigenvalue weighted by molar-refractivity contribution is -0.125. The zero-order valence-corrected chi connectivity index (χ0v) is 17.0. The van der Waals surface area contributed by atoms with Gasteiger partial charge in [0.25, 0.3) is 0 Å². The Labute approximate surface area is 181 Å². The number of hydrogen-bond donors (Lipinski definition) is 3. The number of nitrogens with one attached hydrogen (secondary N) is 2. The summed E-state index contributed by atoms with van der Waals surface area (Å²) in [5.74, 6) is -1.32. The molecule has 2 aromatic carbocycles. The van der Waals surface area contributed by atoms with Gasteiger partial charge in [-0.05, 0) is 35.9 Å². The summed E-state index contributed by atoms with van der Waals surface area (Å²) < 4.78 is 6.65. The van der Waals surface area contributed by atoms with E-state index in [4.69, 9.17) is 16.3 Å². The van der Waals surface area contributed by atoms with Gasteiger partial charge in [0.05, 0.1) is 31.0 Å². The van der Waals surface area contributed by atoms with Gasteiger partial charge in [-0.1, -0.05) is 23.7 Å². The fourth-order valence-electron chi connectivity index (χ4n) is 3.37. The van der Waals surface area contributed by atoms with Crippen molar-refractivity contribution in [2.45, 2.75) is 12.5 Å². The molecule has 10 heteroatoms. The van der Waals surface area contributed by atoms with E-state index in [-0.39, 0.29) is 23.6 Å². The van der Waals surface area contributed by atoms with Crippen molar-refractivity contribution in [2.75, 3.05) is 17.7 Å². The highest BCUT2D eigenvalue weighted by molar-refractivity contribution is 6.30. The van der Waals surface area contributed by atoms with Gasteiger partial charge >= 0.3 is 5.97 Å². The van der Waals surface area contributed by atoms with Crippen LogP contribution in [0.15, 0.2) is 48.7 Å². The largest absolute Gasteiger partial charge is 0.495 e. The van der Waals surface area contributed by atoms with Crippen molar-refractivity contribution in [1.82, 2.24) is 9.78 Å². The zero-order valence-electron chi connectivity index (χ0n) is 16.3. The highest BCUT2D eigenvalue weighted by Crippen LogP contribution is 2.35. The molecule has 3 N–H and O–H groups in total. The molecule has 1 aliphatic rings. The molecule has 0 saturated carbocycles. The van der Waals surface area contributed by atoms with Crippen molar-refractivity contribution in [3.63, 3.8) is 0 Å². The molecule has 0 saturated heterocycles. The van der Waals surface area contributed by atoms with Crippen LogP contribution in [0.4, 0.5) is 11.5 Å². The minimum absolute atomic E-state index is 0.0118. The molecule has 31 heavy (non-hydrogen) atoms. The van der Waals surface area contributed by atoms with Gasteiger partial charge in [-0.15, -0.1) is 0 Å². The number of carboxylic acid groups (broad SMARTS) is 1. The van der Waals surface area contributed by atoms with Gasteiger partial charge in [0.2, 0.25) is 11.8 Å². The Hall–Kier alpha value is -3.85. The third-order valence-electron chi connectivity index (χ3n) is 4.89. The number of benzene rings is 2. The molecule has 2 heterocycles. The molecule has 0 unspecified atom stereocenters. The number of ether oxygens (including phenoxy) is 1. The fourth-order valence-corrected chi connectivity index (χ4v) is 3.49. The van der Waals surface area contributed by atoms with E-state index in [0.717, 1.165) is 5.56 Å².